The van der Waals surface area contributed by atoms with Crippen LogP contribution in [0.4, 0.5) is 0 Å². The smallest absolute Gasteiger partial charge is 0.253 e. The SMILES string of the molecule is COCNC(=O)[C@H]1O[C@@H](OC)[C@@H]2OC(C)(C)O[C@@H]21. The topological polar surface area (TPSA) is 75.3 Å². The fourth-order valence-corrected chi connectivity index (χ4v) is 2.21. The summed E-state index contributed by atoms with van der Waals surface area (Å²) in [6.07, 6.45) is -2.22. The molecule has 1 N–H and O–H groups in total. The van der Waals surface area contributed by atoms with Crippen molar-refractivity contribution in [1.82, 2.24) is 5.32 Å². The van der Waals surface area contributed by atoms with Gasteiger partial charge in [0.1, 0.15) is 18.9 Å². The average molecular weight is 261 g/mol. The van der Waals surface area contributed by atoms with Crippen LogP contribution in [0.3, 0.4) is 0 Å². The van der Waals surface area contributed by atoms with E-state index in [1.807, 2.05) is 0 Å². The molecule has 2 fully saturated rings. The maximum atomic E-state index is 11.9. The van der Waals surface area contributed by atoms with Crippen molar-refractivity contribution in [2.75, 3.05) is 21.0 Å². The number of ether oxygens (including phenoxy) is 5. The molecule has 0 saturated carbocycles. The molecular weight excluding hydrogens is 242 g/mol. The average Bonchev–Trinajstić information content (AvgIpc) is 2.78. The van der Waals surface area contributed by atoms with E-state index in [-0.39, 0.29) is 12.6 Å². The molecule has 2 heterocycles. The van der Waals surface area contributed by atoms with E-state index in [0.29, 0.717) is 0 Å². The van der Waals surface area contributed by atoms with Gasteiger partial charge in [-0.25, -0.2) is 0 Å². The van der Waals surface area contributed by atoms with Gasteiger partial charge in [-0.15, -0.1) is 0 Å². The van der Waals surface area contributed by atoms with Gasteiger partial charge in [-0.3, -0.25) is 4.79 Å². The van der Waals surface area contributed by atoms with Crippen molar-refractivity contribution in [2.45, 2.75) is 44.2 Å². The van der Waals surface area contributed by atoms with Gasteiger partial charge >= 0.3 is 0 Å². The Labute approximate surface area is 106 Å². The normalized spacial score (nSPS) is 37.6. The van der Waals surface area contributed by atoms with Crippen molar-refractivity contribution in [3.8, 4) is 0 Å². The first-order valence-corrected chi connectivity index (χ1v) is 5.79. The van der Waals surface area contributed by atoms with Gasteiger partial charge in [-0.1, -0.05) is 0 Å². The number of carbonyl (C=O) groups is 1. The second-order valence-corrected chi connectivity index (χ2v) is 4.70. The maximum absolute atomic E-state index is 11.9. The van der Waals surface area contributed by atoms with Crippen LogP contribution in [0.15, 0.2) is 0 Å². The molecule has 0 bridgehead atoms. The predicted octanol–water partition coefficient (Wildman–Crippen LogP) is -0.402. The summed E-state index contributed by atoms with van der Waals surface area (Å²) in [5.41, 5.74) is 0. The number of hydrogen-bond acceptors (Lipinski definition) is 6. The van der Waals surface area contributed by atoms with Gasteiger partial charge in [0, 0.05) is 14.2 Å². The summed E-state index contributed by atoms with van der Waals surface area (Å²) < 4.78 is 26.8. The highest BCUT2D eigenvalue weighted by Gasteiger charge is 2.57. The summed E-state index contributed by atoms with van der Waals surface area (Å²) in [5, 5.41) is 2.58. The van der Waals surface area contributed by atoms with Crippen molar-refractivity contribution < 1.29 is 28.5 Å². The Bertz CT molecular complexity index is 321. The van der Waals surface area contributed by atoms with Crippen LogP contribution in [0, 0.1) is 0 Å². The highest BCUT2D eigenvalue weighted by atomic mass is 16.8. The van der Waals surface area contributed by atoms with E-state index < -0.39 is 30.4 Å². The Balaban J connectivity index is 2.06. The minimum absolute atomic E-state index is 0.123. The lowest BCUT2D eigenvalue weighted by Crippen LogP contribution is -2.43. The molecule has 0 aromatic carbocycles. The Morgan fingerprint density at radius 1 is 1.28 bits per heavy atom. The van der Waals surface area contributed by atoms with Gasteiger partial charge < -0.3 is 29.0 Å². The fourth-order valence-electron chi connectivity index (χ4n) is 2.21. The van der Waals surface area contributed by atoms with Crippen molar-refractivity contribution in [3.63, 3.8) is 0 Å². The number of rotatable bonds is 4. The third-order valence-electron chi connectivity index (χ3n) is 2.89. The second kappa shape index (κ2) is 5.10. The van der Waals surface area contributed by atoms with Crippen LogP contribution in [0.25, 0.3) is 0 Å². The van der Waals surface area contributed by atoms with Gasteiger partial charge in [0.25, 0.3) is 5.91 Å². The molecule has 2 aliphatic rings. The van der Waals surface area contributed by atoms with Crippen molar-refractivity contribution >= 4 is 5.91 Å². The van der Waals surface area contributed by atoms with E-state index >= 15 is 0 Å². The molecule has 0 aliphatic carbocycles. The van der Waals surface area contributed by atoms with Gasteiger partial charge in [0.2, 0.25) is 0 Å². The standard InChI is InChI=1S/C11H19NO6/c1-11(2)17-6-7(9(13)12-5-14-3)16-10(15-4)8(6)18-11/h6-8,10H,5H2,1-4H3,(H,12,13)/t6-,7+,8-,10-/m1/s1. The van der Waals surface area contributed by atoms with Crippen molar-refractivity contribution in [3.05, 3.63) is 0 Å². The van der Waals surface area contributed by atoms with Gasteiger partial charge in [0.15, 0.2) is 18.2 Å². The summed E-state index contributed by atoms with van der Waals surface area (Å²) in [7, 11) is 3.00. The number of methoxy groups -OCH3 is 2. The first-order chi connectivity index (χ1) is 8.48. The molecule has 0 spiro atoms. The lowest BCUT2D eigenvalue weighted by Gasteiger charge is -2.23. The minimum Gasteiger partial charge on any atom is -0.364 e. The first-order valence-electron chi connectivity index (χ1n) is 5.79. The van der Waals surface area contributed by atoms with Crippen LogP contribution in [0.1, 0.15) is 13.8 Å². The largest absolute Gasteiger partial charge is 0.364 e. The first kappa shape index (κ1) is 13.7. The zero-order chi connectivity index (χ0) is 13.3. The minimum atomic E-state index is -0.753. The zero-order valence-corrected chi connectivity index (χ0v) is 11.0. The highest BCUT2D eigenvalue weighted by Crippen LogP contribution is 2.38. The van der Waals surface area contributed by atoms with Gasteiger partial charge in [0.05, 0.1) is 0 Å². The fraction of sp³-hybridized carbons (Fsp3) is 0.909. The summed E-state index contributed by atoms with van der Waals surface area (Å²) >= 11 is 0. The quantitative estimate of drug-likeness (QED) is 0.694. The van der Waals surface area contributed by atoms with Crippen LogP contribution in [0.5, 0.6) is 0 Å². The summed E-state index contributed by atoms with van der Waals surface area (Å²) in [4.78, 5) is 11.9. The number of fused-ring (bicyclic) bond motifs is 1. The molecule has 2 saturated heterocycles. The van der Waals surface area contributed by atoms with E-state index in [4.69, 9.17) is 23.7 Å². The third-order valence-corrected chi connectivity index (χ3v) is 2.89. The molecule has 1 amide bonds. The van der Waals surface area contributed by atoms with E-state index in [1.165, 1.54) is 14.2 Å². The van der Waals surface area contributed by atoms with Gasteiger partial charge in [-0.2, -0.15) is 0 Å². The second-order valence-electron chi connectivity index (χ2n) is 4.70. The molecule has 18 heavy (non-hydrogen) atoms. The molecule has 0 radical (unpaired) electrons. The predicted molar refractivity (Wildman–Crippen MR) is 59.5 cm³/mol. The Kier molecular flexibility index (Phi) is 3.88. The summed E-state index contributed by atoms with van der Waals surface area (Å²) in [5.74, 6) is -1.04. The zero-order valence-electron chi connectivity index (χ0n) is 11.0. The number of amides is 1. The number of hydrogen-bond donors (Lipinski definition) is 1. The van der Waals surface area contributed by atoms with E-state index in [9.17, 15) is 4.79 Å². The number of nitrogens with one attached hydrogen (secondary N) is 1. The molecule has 104 valence electrons. The van der Waals surface area contributed by atoms with Gasteiger partial charge in [-0.05, 0) is 13.8 Å². The van der Waals surface area contributed by atoms with Crippen molar-refractivity contribution in [1.29, 1.82) is 0 Å². The molecule has 0 unspecified atom stereocenters. The molecule has 2 aliphatic heterocycles. The van der Waals surface area contributed by atoms with Crippen LogP contribution in [-0.4, -0.2) is 57.2 Å². The summed E-state index contributed by atoms with van der Waals surface area (Å²) in [6.45, 7) is 3.71. The molecule has 7 nitrogen and oxygen atoms in total. The van der Waals surface area contributed by atoms with Crippen LogP contribution in [0.2, 0.25) is 0 Å². The lowest BCUT2D eigenvalue weighted by molar-refractivity contribution is -0.226. The van der Waals surface area contributed by atoms with Crippen LogP contribution >= 0.6 is 0 Å². The highest BCUT2D eigenvalue weighted by molar-refractivity contribution is 5.81. The maximum Gasteiger partial charge on any atom is 0.253 e. The van der Waals surface area contributed by atoms with Crippen LogP contribution < -0.4 is 5.32 Å². The van der Waals surface area contributed by atoms with E-state index in [1.54, 1.807) is 13.8 Å². The Hall–Kier alpha value is -0.730. The van der Waals surface area contributed by atoms with E-state index in [2.05, 4.69) is 5.32 Å². The molecular formula is C11H19NO6. The Morgan fingerprint density at radius 2 is 1.94 bits per heavy atom. The molecule has 0 aromatic rings. The van der Waals surface area contributed by atoms with E-state index in [0.717, 1.165) is 0 Å². The third kappa shape index (κ3) is 2.50. The van der Waals surface area contributed by atoms with Crippen molar-refractivity contribution in [2.24, 2.45) is 0 Å². The molecule has 4 atom stereocenters. The number of carbonyl (C=O) groups excluding carboxylic acids is 1. The monoisotopic (exact) mass is 261 g/mol. The molecule has 2 rings (SSSR count). The molecule has 7 heteroatoms. The Morgan fingerprint density at radius 3 is 2.56 bits per heavy atom. The summed E-state index contributed by atoms with van der Waals surface area (Å²) in [6, 6.07) is 0. The lowest BCUT2D eigenvalue weighted by atomic mass is 10.1. The van der Waals surface area contributed by atoms with Crippen LogP contribution in [-0.2, 0) is 28.5 Å². The molecule has 0 aromatic heterocycles.